The fourth-order valence-electron chi connectivity index (χ4n) is 2.26. The first-order valence-electron chi connectivity index (χ1n) is 6.52. The minimum absolute atomic E-state index is 0.00761. The first kappa shape index (κ1) is 14.6. The number of imidazole rings is 1. The normalized spacial score (nSPS) is 10.9. The minimum Gasteiger partial charge on any atom is -0.328 e. The van der Waals surface area contributed by atoms with Gasteiger partial charge in [-0.15, -0.1) is 10.2 Å². The van der Waals surface area contributed by atoms with Gasteiger partial charge in [0.05, 0.1) is 12.5 Å². The van der Waals surface area contributed by atoms with E-state index in [0.29, 0.717) is 4.68 Å². The van der Waals surface area contributed by atoms with Crippen LogP contribution < -0.4 is 16.3 Å². The van der Waals surface area contributed by atoms with Crippen LogP contribution in [0.15, 0.2) is 28.2 Å². The summed E-state index contributed by atoms with van der Waals surface area (Å²) in [7, 11) is 3.08. The van der Waals surface area contributed by atoms with Crippen molar-refractivity contribution in [2.45, 2.75) is 6.92 Å². The predicted molar refractivity (Wildman–Crippen MR) is 78.6 cm³/mol. The molecule has 0 aromatic carbocycles. The van der Waals surface area contributed by atoms with Crippen molar-refractivity contribution >= 4 is 22.9 Å². The summed E-state index contributed by atoms with van der Waals surface area (Å²) in [5, 5.41) is 11.5. The van der Waals surface area contributed by atoms with Gasteiger partial charge in [-0.05, 0) is 5.21 Å². The lowest BCUT2D eigenvalue weighted by Gasteiger charge is -2.20. The van der Waals surface area contributed by atoms with Gasteiger partial charge in [0.25, 0.3) is 0 Å². The molecule has 3 aromatic heterocycles. The summed E-state index contributed by atoms with van der Waals surface area (Å²) >= 11 is 0. The van der Waals surface area contributed by atoms with E-state index in [1.807, 2.05) is 0 Å². The molecule has 3 rings (SSSR count). The van der Waals surface area contributed by atoms with Gasteiger partial charge in [-0.25, -0.2) is 9.78 Å². The van der Waals surface area contributed by atoms with Crippen molar-refractivity contribution in [2.75, 3.05) is 5.01 Å². The van der Waals surface area contributed by atoms with Crippen molar-refractivity contribution in [3.63, 3.8) is 0 Å². The zero-order valence-corrected chi connectivity index (χ0v) is 12.5. The first-order chi connectivity index (χ1) is 10.9. The second kappa shape index (κ2) is 5.12. The fraction of sp³-hybridized carbons (Fsp3) is 0.250. The van der Waals surface area contributed by atoms with Gasteiger partial charge in [-0.3, -0.25) is 14.2 Å². The number of amides is 1. The molecule has 0 unspecified atom stereocenters. The number of aryl methyl sites for hydroxylation is 2. The van der Waals surface area contributed by atoms with E-state index in [0.717, 1.165) is 5.01 Å². The lowest BCUT2D eigenvalue weighted by molar-refractivity contribution is -0.117. The molecule has 23 heavy (non-hydrogen) atoms. The highest BCUT2D eigenvalue weighted by atomic mass is 16.2. The van der Waals surface area contributed by atoms with E-state index in [4.69, 9.17) is 0 Å². The molecule has 0 bridgehead atoms. The molecule has 3 heterocycles. The Morgan fingerprint density at radius 1 is 1.26 bits per heavy atom. The van der Waals surface area contributed by atoms with Crippen LogP contribution in [-0.4, -0.2) is 40.1 Å². The maximum Gasteiger partial charge on any atom is 0.352 e. The largest absolute Gasteiger partial charge is 0.352 e. The zero-order chi connectivity index (χ0) is 16.7. The topological polar surface area (TPSA) is 121 Å². The molecular formula is C12H12N8O3. The molecular weight excluding hydrogens is 304 g/mol. The summed E-state index contributed by atoms with van der Waals surface area (Å²) in [6, 6.07) is 1.37. The Morgan fingerprint density at radius 2 is 2.00 bits per heavy atom. The molecule has 0 radical (unpaired) electrons. The van der Waals surface area contributed by atoms with E-state index in [9.17, 15) is 14.4 Å². The minimum atomic E-state index is -0.727. The van der Waals surface area contributed by atoms with Gasteiger partial charge in [0.2, 0.25) is 5.91 Å². The molecule has 1 amide bonds. The van der Waals surface area contributed by atoms with Crippen molar-refractivity contribution in [3.05, 3.63) is 39.4 Å². The number of aromatic nitrogens is 7. The monoisotopic (exact) mass is 316 g/mol. The maximum atomic E-state index is 12.7. The van der Waals surface area contributed by atoms with Gasteiger partial charge >= 0.3 is 11.2 Å². The molecule has 0 atom stereocenters. The van der Waals surface area contributed by atoms with Crippen LogP contribution in [-0.2, 0) is 18.9 Å². The van der Waals surface area contributed by atoms with Crippen LogP contribution in [0.3, 0.4) is 0 Å². The van der Waals surface area contributed by atoms with Crippen molar-refractivity contribution in [1.29, 1.82) is 0 Å². The Balaban J connectivity index is 2.43. The van der Waals surface area contributed by atoms with Crippen LogP contribution in [0, 0.1) is 0 Å². The number of nitrogens with zero attached hydrogens (tertiary/aromatic N) is 8. The van der Waals surface area contributed by atoms with E-state index in [2.05, 4.69) is 20.4 Å². The Hall–Kier alpha value is -3.37. The number of carbonyl (C=O) groups is 1. The standard InChI is InChI=1S/C12H12N8O3/c1-7(21)19(8-4-5-14-16-15-8)20-11(22)9-10(13-6-17(9)2)18(3)12(20)23/h4-6H,1-3H3. The van der Waals surface area contributed by atoms with Gasteiger partial charge in [-0.2, -0.15) is 9.69 Å². The van der Waals surface area contributed by atoms with Crippen LogP contribution in [0.25, 0.3) is 11.2 Å². The highest BCUT2D eigenvalue weighted by Gasteiger charge is 2.24. The lowest BCUT2D eigenvalue weighted by atomic mass is 10.5. The Labute approximate surface area is 128 Å². The summed E-state index contributed by atoms with van der Waals surface area (Å²) in [6.07, 6.45) is 2.72. The van der Waals surface area contributed by atoms with Gasteiger partial charge in [0, 0.05) is 27.1 Å². The number of hydrogen-bond donors (Lipinski definition) is 0. The quantitative estimate of drug-likeness (QED) is 0.560. The van der Waals surface area contributed by atoms with E-state index in [1.54, 1.807) is 7.05 Å². The van der Waals surface area contributed by atoms with Crippen LogP contribution in [0.5, 0.6) is 0 Å². The van der Waals surface area contributed by atoms with Gasteiger partial charge in [-0.1, -0.05) is 0 Å². The van der Waals surface area contributed by atoms with Gasteiger partial charge in [0.1, 0.15) is 0 Å². The molecule has 11 nitrogen and oxygen atoms in total. The number of fused-ring (bicyclic) bond motifs is 1. The molecule has 0 saturated carbocycles. The number of anilines is 1. The van der Waals surface area contributed by atoms with E-state index in [-0.39, 0.29) is 17.0 Å². The van der Waals surface area contributed by atoms with Crippen LogP contribution >= 0.6 is 0 Å². The number of carbonyl (C=O) groups excluding carboxylic acids is 1. The fourth-order valence-corrected chi connectivity index (χ4v) is 2.26. The second-order valence-electron chi connectivity index (χ2n) is 4.80. The first-order valence-corrected chi connectivity index (χ1v) is 6.52. The summed E-state index contributed by atoms with van der Waals surface area (Å²) in [6.45, 7) is 1.21. The highest BCUT2D eigenvalue weighted by Crippen LogP contribution is 2.09. The summed E-state index contributed by atoms with van der Waals surface area (Å²) in [4.78, 5) is 41.3. The zero-order valence-electron chi connectivity index (χ0n) is 12.5. The third-order valence-corrected chi connectivity index (χ3v) is 3.30. The molecule has 0 aliphatic carbocycles. The molecule has 0 fully saturated rings. The molecule has 3 aromatic rings. The van der Waals surface area contributed by atoms with Gasteiger partial charge in [0.15, 0.2) is 17.0 Å². The molecule has 118 valence electrons. The van der Waals surface area contributed by atoms with E-state index >= 15 is 0 Å². The Kier molecular flexibility index (Phi) is 3.24. The van der Waals surface area contributed by atoms with Crippen molar-refractivity contribution in [3.8, 4) is 0 Å². The van der Waals surface area contributed by atoms with Crippen LogP contribution in [0.2, 0.25) is 0 Å². The average molecular weight is 316 g/mol. The average Bonchev–Trinajstić information content (AvgIpc) is 2.92. The van der Waals surface area contributed by atoms with Crippen molar-refractivity contribution in [1.82, 2.24) is 34.2 Å². The number of hydrogen-bond acceptors (Lipinski definition) is 7. The molecule has 0 aliphatic rings. The van der Waals surface area contributed by atoms with Crippen LogP contribution in [0.4, 0.5) is 5.82 Å². The third kappa shape index (κ3) is 2.09. The third-order valence-electron chi connectivity index (χ3n) is 3.30. The lowest BCUT2D eigenvalue weighted by Crippen LogP contribution is -2.52. The van der Waals surface area contributed by atoms with Crippen molar-refractivity contribution < 1.29 is 4.79 Å². The smallest absolute Gasteiger partial charge is 0.328 e. The summed E-state index contributed by atoms with van der Waals surface area (Å²) in [5.74, 6) is -0.570. The van der Waals surface area contributed by atoms with E-state index < -0.39 is 17.2 Å². The van der Waals surface area contributed by atoms with Crippen molar-refractivity contribution in [2.24, 2.45) is 14.1 Å². The maximum absolute atomic E-state index is 12.7. The summed E-state index contributed by atoms with van der Waals surface area (Å²) < 4.78 is 3.36. The van der Waals surface area contributed by atoms with E-state index in [1.165, 1.54) is 41.7 Å². The number of rotatable bonds is 2. The molecule has 0 N–H and O–H groups in total. The Bertz CT molecular complexity index is 1020. The Morgan fingerprint density at radius 3 is 2.61 bits per heavy atom. The molecule has 11 heteroatoms. The molecule has 0 aliphatic heterocycles. The molecule has 0 spiro atoms. The van der Waals surface area contributed by atoms with Gasteiger partial charge < -0.3 is 4.57 Å². The molecule has 0 saturated heterocycles. The SMILES string of the molecule is CC(=O)N(c1ccnnn1)n1c(=O)c2c(ncn2C)n(C)c1=O. The summed E-state index contributed by atoms with van der Waals surface area (Å²) in [5.41, 5.74) is -1.00. The highest BCUT2D eigenvalue weighted by molar-refractivity contribution is 5.90. The van der Waals surface area contributed by atoms with Crippen LogP contribution in [0.1, 0.15) is 6.92 Å². The second-order valence-corrected chi connectivity index (χ2v) is 4.80. The predicted octanol–water partition coefficient (Wildman–Crippen LogP) is -1.57.